The lowest BCUT2D eigenvalue weighted by atomic mass is 9.62. The Hall–Kier alpha value is -2.12. The Balaban J connectivity index is 1.52. The Kier molecular flexibility index (Phi) is 3.30. The van der Waals surface area contributed by atoms with Gasteiger partial charge in [-0.2, -0.15) is 0 Å². The molecular weight excluding hydrogens is 356 g/mol. The normalized spacial score (nSPS) is 53.9. The van der Waals surface area contributed by atoms with E-state index in [4.69, 9.17) is 0 Å². The van der Waals surface area contributed by atoms with Crippen LogP contribution in [0.5, 0.6) is 0 Å². The third kappa shape index (κ3) is 1.88. The quantitative estimate of drug-likeness (QED) is 0.565. The number of hydrogen-bond acceptors (Lipinski definition) is 4. The van der Waals surface area contributed by atoms with Crippen LogP contribution in [0.2, 0.25) is 0 Å². The molecule has 146 valence electrons. The van der Waals surface area contributed by atoms with Crippen LogP contribution in [0.15, 0.2) is 0 Å². The average Bonchev–Trinajstić information content (AvgIpc) is 3.32. The predicted molar refractivity (Wildman–Crippen MR) is 86.3 cm³/mol. The average molecular weight is 378 g/mol. The minimum absolute atomic E-state index is 0.0308. The third-order valence-corrected chi connectivity index (χ3v) is 8.91. The largest absolute Gasteiger partial charge is 0.481 e. The van der Waals surface area contributed by atoms with E-state index in [-0.39, 0.29) is 47.3 Å². The molecule has 12 unspecified atom stereocenters. The minimum Gasteiger partial charge on any atom is -0.481 e. The molecule has 12 atom stereocenters. The van der Waals surface area contributed by atoms with Gasteiger partial charge >= 0.3 is 23.9 Å². The third-order valence-electron chi connectivity index (χ3n) is 8.91. The Morgan fingerprint density at radius 3 is 1.00 bits per heavy atom. The SMILES string of the molecule is O=C(O)C1C2CC(C1C(=O)O)C1C2CC2C3CC(C(C(=O)O)C3C(=O)O)C21. The predicted octanol–water partition coefficient (Wildman–Crippen LogP) is 0.957. The number of carboxylic acid groups (broad SMARTS) is 4. The molecule has 4 N–H and O–H groups in total. The second-order valence-electron chi connectivity index (χ2n) is 9.30. The molecule has 5 aliphatic carbocycles. The van der Waals surface area contributed by atoms with E-state index in [1.165, 1.54) is 0 Å². The van der Waals surface area contributed by atoms with Crippen LogP contribution in [0.1, 0.15) is 19.3 Å². The van der Waals surface area contributed by atoms with Crippen LogP contribution in [-0.2, 0) is 19.2 Å². The van der Waals surface area contributed by atoms with Gasteiger partial charge in [-0.05, 0) is 66.6 Å². The maximum Gasteiger partial charge on any atom is 0.307 e. The summed E-state index contributed by atoms with van der Waals surface area (Å²) in [5.74, 6) is -8.42. The molecule has 0 amide bonds. The fraction of sp³-hybridized carbons (Fsp3) is 0.789. The van der Waals surface area contributed by atoms with Gasteiger partial charge in [-0.15, -0.1) is 0 Å². The number of rotatable bonds is 4. The summed E-state index contributed by atoms with van der Waals surface area (Å²) in [6, 6.07) is 0. The van der Waals surface area contributed by atoms with E-state index in [0.29, 0.717) is 12.8 Å². The van der Waals surface area contributed by atoms with Crippen LogP contribution >= 0.6 is 0 Å². The van der Waals surface area contributed by atoms with Gasteiger partial charge in [-0.3, -0.25) is 19.2 Å². The molecule has 5 aliphatic rings. The van der Waals surface area contributed by atoms with Gasteiger partial charge in [0.1, 0.15) is 0 Å². The second kappa shape index (κ2) is 5.23. The van der Waals surface area contributed by atoms with Crippen molar-refractivity contribution in [1.29, 1.82) is 0 Å². The monoisotopic (exact) mass is 378 g/mol. The smallest absolute Gasteiger partial charge is 0.307 e. The van der Waals surface area contributed by atoms with Gasteiger partial charge in [0.2, 0.25) is 0 Å². The van der Waals surface area contributed by atoms with Gasteiger partial charge in [0.05, 0.1) is 23.7 Å². The molecule has 0 aromatic carbocycles. The zero-order chi connectivity index (χ0) is 19.4. The van der Waals surface area contributed by atoms with Crippen LogP contribution in [0.4, 0.5) is 0 Å². The van der Waals surface area contributed by atoms with E-state index in [0.717, 1.165) is 6.42 Å². The van der Waals surface area contributed by atoms with Crippen molar-refractivity contribution in [2.45, 2.75) is 19.3 Å². The number of fused-ring (bicyclic) bond motifs is 11. The van der Waals surface area contributed by atoms with Crippen molar-refractivity contribution in [3.05, 3.63) is 0 Å². The summed E-state index contributed by atoms with van der Waals surface area (Å²) in [7, 11) is 0. The molecule has 4 bridgehead atoms. The maximum atomic E-state index is 11.8. The fourth-order valence-electron chi connectivity index (χ4n) is 8.63. The molecule has 5 rings (SSSR count). The second-order valence-corrected chi connectivity index (χ2v) is 9.30. The molecule has 0 aromatic rings. The van der Waals surface area contributed by atoms with Crippen molar-refractivity contribution in [3.8, 4) is 0 Å². The number of carbonyl (C=O) groups is 4. The molecule has 27 heavy (non-hydrogen) atoms. The lowest BCUT2D eigenvalue weighted by Gasteiger charge is -2.40. The summed E-state index contributed by atoms with van der Waals surface area (Å²) in [5.41, 5.74) is 0. The van der Waals surface area contributed by atoms with Gasteiger partial charge in [0, 0.05) is 0 Å². The topological polar surface area (TPSA) is 149 Å². The first kappa shape index (κ1) is 17.0. The van der Waals surface area contributed by atoms with E-state index in [2.05, 4.69) is 0 Å². The van der Waals surface area contributed by atoms with Crippen molar-refractivity contribution < 1.29 is 39.6 Å². The van der Waals surface area contributed by atoms with Crippen LogP contribution in [-0.4, -0.2) is 44.3 Å². The van der Waals surface area contributed by atoms with Crippen molar-refractivity contribution >= 4 is 23.9 Å². The zero-order valence-corrected chi connectivity index (χ0v) is 14.5. The molecular formula is C19H22O8. The van der Waals surface area contributed by atoms with Crippen LogP contribution in [0.3, 0.4) is 0 Å². The minimum atomic E-state index is -1.07. The van der Waals surface area contributed by atoms with E-state index in [1.54, 1.807) is 0 Å². The Morgan fingerprint density at radius 2 is 0.704 bits per heavy atom. The van der Waals surface area contributed by atoms with E-state index >= 15 is 0 Å². The molecule has 8 nitrogen and oxygen atoms in total. The maximum absolute atomic E-state index is 11.8. The van der Waals surface area contributed by atoms with Gasteiger partial charge in [-0.1, -0.05) is 0 Å². The summed E-state index contributed by atoms with van der Waals surface area (Å²) >= 11 is 0. The van der Waals surface area contributed by atoms with E-state index in [1.807, 2.05) is 0 Å². The first-order valence-electron chi connectivity index (χ1n) is 9.65. The van der Waals surface area contributed by atoms with Crippen LogP contribution in [0.25, 0.3) is 0 Å². The van der Waals surface area contributed by atoms with Gasteiger partial charge in [-0.25, -0.2) is 0 Å². The summed E-state index contributed by atoms with van der Waals surface area (Å²) in [6.45, 7) is 0. The first-order valence-corrected chi connectivity index (χ1v) is 9.65. The van der Waals surface area contributed by atoms with Crippen LogP contribution in [0, 0.1) is 71.0 Å². The van der Waals surface area contributed by atoms with E-state index < -0.39 is 47.5 Å². The highest BCUT2D eigenvalue weighted by Gasteiger charge is 2.74. The summed E-state index contributed by atoms with van der Waals surface area (Å²) in [4.78, 5) is 47.1. The Bertz CT molecular complexity index is 699. The van der Waals surface area contributed by atoms with Crippen molar-refractivity contribution in [3.63, 3.8) is 0 Å². The summed E-state index contributed by atoms with van der Waals surface area (Å²) < 4.78 is 0. The zero-order valence-electron chi connectivity index (χ0n) is 14.5. The highest BCUT2D eigenvalue weighted by Crippen LogP contribution is 2.74. The van der Waals surface area contributed by atoms with Gasteiger partial charge in [0.25, 0.3) is 0 Å². The van der Waals surface area contributed by atoms with E-state index in [9.17, 15) is 39.6 Å². The number of hydrogen-bond donors (Lipinski definition) is 4. The van der Waals surface area contributed by atoms with Crippen LogP contribution < -0.4 is 0 Å². The van der Waals surface area contributed by atoms with Crippen molar-refractivity contribution in [2.75, 3.05) is 0 Å². The number of carboxylic acids is 4. The van der Waals surface area contributed by atoms with Gasteiger partial charge in [0.15, 0.2) is 0 Å². The lowest BCUT2D eigenvalue weighted by molar-refractivity contribution is -0.161. The molecule has 5 saturated carbocycles. The summed E-state index contributed by atoms with van der Waals surface area (Å²) in [5, 5.41) is 38.5. The number of aliphatic carboxylic acids is 4. The van der Waals surface area contributed by atoms with Crippen molar-refractivity contribution in [2.24, 2.45) is 71.0 Å². The molecule has 8 heteroatoms. The fourth-order valence-corrected chi connectivity index (χ4v) is 8.63. The molecule has 0 aliphatic heterocycles. The molecule has 0 spiro atoms. The first-order chi connectivity index (χ1) is 12.7. The molecule has 0 radical (unpaired) electrons. The highest BCUT2D eigenvalue weighted by atomic mass is 16.4. The molecule has 0 heterocycles. The Labute approximate surface area is 154 Å². The molecule has 0 saturated heterocycles. The molecule has 5 fully saturated rings. The standard InChI is InChI=1S/C19H22O8/c20-16(21)12-6-2-8(14(12)18(24)25)10-4(6)1-5-7-3-9(11(5)10)15(19(26)27)13(7)17(22)23/h4-15H,1-3H2,(H,20,21)(H,22,23)(H,24,25)(H,26,27). The Morgan fingerprint density at radius 1 is 0.444 bits per heavy atom. The summed E-state index contributed by atoms with van der Waals surface area (Å²) in [6.07, 6.45) is 1.90. The van der Waals surface area contributed by atoms with Gasteiger partial charge < -0.3 is 20.4 Å². The lowest BCUT2D eigenvalue weighted by Crippen LogP contribution is -2.45. The highest BCUT2D eigenvalue weighted by molar-refractivity contribution is 5.83. The van der Waals surface area contributed by atoms with Crippen molar-refractivity contribution in [1.82, 2.24) is 0 Å². The molecule has 0 aromatic heterocycles.